The molecule has 0 aliphatic carbocycles. The number of carbonyl (C=O) groups excluding carboxylic acids is 1. The van der Waals surface area contributed by atoms with Crippen LogP contribution in [-0.2, 0) is 11.2 Å². The molecule has 0 aliphatic rings. The van der Waals surface area contributed by atoms with Gasteiger partial charge in [0.1, 0.15) is 11.5 Å². The minimum Gasteiger partial charge on any atom is -0.491 e. The van der Waals surface area contributed by atoms with Crippen molar-refractivity contribution >= 4 is 16.7 Å². The van der Waals surface area contributed by atoms with Gasteiger partial charge < -0.3 is 14.8 Å². The Morgan fingerprint density at radius 3 is 2.30 bits per heavy atom. The lowest BCUT2D eigenvalue weighted by Crippen LogP contribution is -2.38. The second-order valence-electron chi connectivity index (χ2n) is 7.73. The minimum atomic E-state index is -0.487. The summed E-state index contributed by atoms with van der Waals surface area (Å²) in [5, 5.41) is 5.28. The fourth-order valence-electron chi connectivity index (χ4n) is 3.35. The summed E-state index contributed by atoms with van der Waals surface area (Å²) in [6, 6.07) is 22.2. The van der Waals surface area contributed by atoms with Gasteiger partial charge in [-0.15, -0.1) is 0 Å². The van der Waals surface area contributed by atoms with E-state index in [0.29, 0.717) is 13.0 Å². The van der Waals surface area contributed by atoms with Crippen molar-refractivity contribution in [2.75, 3.05) is 6.54 Å². The van der Waals surface area contributed by atoms with E-state index in [1.807, 2.05) is 69.3 Å². The summed E-state index contributed by atoms with van der Waals surface area (Å²) >= 11 is 0. The van der Waals surface area contributed by atoms with Gasteiger partial charge in [-0.05, 0) is 73.7 Å². The zero-order valence-corrected chi connectivity index (χ0v) is 18.1. The first-order valence-electron chi connectivity index (χ1n) is 10.7. The Labute approximate surface area is 179 Å². The van der Waals surface area contributed by atoms with Crippen LogP contribution in [0.5, 0.6) is 11.5 Å². The van der Waals surface area contributed by atoms with Crippen molar-refractivity contribution in [2.45, 2.75) is 52.2 Å². The molecule has 1 unspecified atom stereocenters. The van der Waals surface area contributed by atoms with Crippen molar-refractivity contribution in [1.82, 2.24) is 5.32 Å². The van der Waals surface area contributed by atoms with E-state index < -0.39 is 6.10 Å². The summed E-state index contributed by atoms with van der Waals surface area (Å²) in [6.07, 6.45) is 2.09. The first-order valence-corrected chi connectivity index (χ1v) is 10.7. The summed E-state index contributed by atoms with van der Waals surface area (Å²) < 4.78 is 11.6. The van der Waals surface area contributed by atoms with Crippen LogP contribution in [0.1, 0.15) is 39.2 Å². The van der Waals surface area contributed by atoms with Crippen LogP contribution < -0.4 is 14.8 Å². The van der Waals surface area contributed by atoms with Crippen LogP contribution in [0.2, 0.25) is 0 Å². The Morgan fingerprint density at radius 2 is 1.60 bits per heavy atom. The van der Waals surface area contributed by atoms with Crippen LogP contribution >= 0.6 is 0 Å². The number of carbonyl (C=O) groups is 1. The van der Waals surface area contributed by atoms with E-state index in [1.54, 1.807) is 0 Å². The molecule has 4 heteroatoms. The molecule has 0 saturated carbocycles. The Bertz CT molecular complexity index is 950. The summed E-state index contributed by atoms with van der Waals surface area (Å²) in [5.74, 6) is 1.55. The van der Waals surface area contributed by atoms with Gasteiger partial charge in [0.05, 0.1) is 6.10 Å². The van der Waals surface area contributed by atoms with Crippen LogP contribution in [0.3, 0.4) is 0 Å². The molecule has 158 valence electrons. The first-order chi connectivity index (χ1) is 14.5. The maximum Gasteiger partial charge on any atom is 0.261 e. The zero-order valence-electron chi connectivity index (χ0n) is 18.1. The van der Waals surface area contributed by atoms with Crippen molar-refractivity contribution in [2.24, 2.45) is 0 Å². The fraction of sp³-hybridized carbons (Fsp3) is 0.346. The molecule has 1 amide bonds. The zero-order chi connectivity index (χ0) is 21.3. The number of ether oxygens (including phenoxy) is 2. The smallest absolute Gasteiger partial charge is 0.261 e. The molecule has 0 aromatic heterocycles. The third kappa shape index (κ3) is 6.24. The van der Waals surface area contributed by atoms with E-state index in [4.69, 9.17) is 9.47 Å². The van der Waals surface area contributed by atoms with Gasteiger partial charge in [-0.3, -0.25) is 4.79 Å². The molecule has 1 N–H and O–H groups in total. The third-order valence-corrected chi connectivity index (χ3v) is 4.90. The molecule has 0 saturated heterocycles. The molecular weight excluding hydrogens is 374 g/mol. The van der Waals surface area contributed by atoms with Crippen molar-refractivity contribution in [3.05, 3.63) is 72.3 Å². The number of fused-ring (bicyclic) bond motifs is 1. The van der Waals surface area contributed by atoms with Crippen LogP contribution in [0.15, 0.2) is 66.7 Å². The monoisotopic (exact) mass is 405 g/mol. The highest BCUT2D eigenvalue weighted by Gasteiger charge is 2.18. The van der Waals surface area contributed by atoms with Crippen molar-refractivity contribution in [1.29, 1.82) is 0 Å². The Kier molecular flexibility index (Phi) is 7.72. The molecule has 3 aromatic carbocycles. The van der Waals surface area contributed by atoms with E-state index in [-0.39, 0.29) is 12.0 Å². The van der Waals surface area contributed by atoms with Gasteiger partial charge in [-0.25, -0.2) is 0 Å². The molecule has 3 rings (SSSR count). The molecule has 0 heterocycles. The van der Waals surface area contributed by atoms with Crippen LogP contribution in [0, 0.1) is 0 Å². The molecule has 4 nitrogen and oxygen atoms in total. The quantitative estimate of drug-likeness (QED) is 0.451. The van der Waals surface area contributed by atoms with Crippen LogP contribution in [-0.4, -0.2) is 24.7 Å². The molecule has 0 aliphatic heterocycles. The molecule has 0 bridgehead atoms. The molecule has 30 heavy (non-hydrogen) atoms. The lowest BCUT2D eigenvalue weighted by atomic mass is 10.1. The average Bonchev–Trinajstić information content (AvgIpc) is 2.75. The predicted octanol–water partition coefficient (Wildman–Crippen LogP) is 5.53. The SMILES string of the molecule is CCC(Oc1ccc2ccccc2c1)C(=O)NCCCc1ccc(OC(C)C)cc1. The lowest BCUT2D eigenvalue weighted by molar-refractivity contribution is -0.128. The first kappa shape index (κ1) is 21.7. The number of aryl methyl sites for hydroxylation is 1. The predicted molar refractivity (Wildman–Crippen MR) is 122 cm³/mol. The lowest BCUT2D eigenvalue weighted by Gasteiger charge is -2.17. The topological polar surface area (TPSA) is 47.6 Å². The molecular formula is C26H31NO3. The van der Waals surface area contributed by atoms with Gasteiger partial charge in [0.25, 0.3) is 5.91 Å². The molecule has 0 fully saturated rings. The number of benzene rings is 3. The highest BCUT2D eigenvalue weighted by Crippen LogP contribution is 2.22. The maximum atomic E-state index is 12.5. The second-order valence-corrected chi connectivity index (χ2v) is 7.73. The van der Waals surface area contributed by atoms with Gasteiger partial charge >= 0.3 is 0 Å². The van der Waals surface area contributed by atoms with Gasteiger partial charge in [0, 0.05) is 6.54 Å². The molecule has 0 radical (unpaired) electrons. The fourth-order valence-corrected chi connectivity index (χ4v) is 3.35. The van der Waals surface area contributed by atoms with Gasteiger partial charge in [0.15, 0.2) is 6.10 Å². The summed E-state index contributed by atoms with van der Waals surface area (Å²) in [6.45, 7) is 6.63. The number of nitrogens with one attached hydrogen (secondary N) is 1. The highest BCUT2D eigenvalue weighted by atomic mass is 16.5. The number of rotatable bonds is 10. The summed E-state index contributed by atoms with van der Waals surface area (Å²) in [7, 11) is 0. The van der Waals surface area contributed by atoms with Crippen LogP contribution in [0.4, 0.5) is 0 Å². The van der Waals surface area contributed by atoms with E-state index in [1.165, 1.54) is 5.56 Å². The number of amides is 1. The number of hydrogen-bond donors (Lipinski definition) is 1. The molecule has 3 aromatic rings. The molecule has 0 spiro atoms. The van der Waals surface area contributed by atoms with Gasteiger partial charge in [-0.1, -0.05) is 49.4 Å². The standard InChI is InChI=1S/C26H31NO3/c1-4-25(30-24-16-13-21-9-5-6-10-22(21)18-24)26(28)27-17-7-8-20-11-14-23(15-12-20)29-19(2)3/h5-6,9-16,18-19,25H,4,7-8,17H2,1-3H3,(H,27,28). The average molecular weight is 406 g/mol. The Balaban J connectivity index is 1.45. The van der Waals surface area contributed by atoms with Crippen LogP contribution in [0.25, 0.3) is 10.8 Å². The molecule has 1 atom stereocenters. The largest absolute Gasteiger partial charge is 0.491 e. The third-order valence-electron chi connectivity index (χ3n) is 4.90. The minimum absolute atomic E-state index is 0.0636. The van der Waals surface area contributed by atoms with E-state index in [2.05, 4.69) is 23.5 Å². The normalized spacial score (nSPS) is 12.0. The maximum absolute atomic E-state index is 12.5. The summed E-state index contributed by atoms with van der Waals surface area (Å²) in [4.78, 5) is 12.5. The van der Waals surface area contributed by atoms with E-state index >= 15 is 0 Å². The van der Waals surface area contributed by atoms with Crippen molar-refractivity contribution in [3.63, 3.8) is 0 Å². The highest BCUT2D eigenvalue weighted by molar-refractivity contribution is 5.84. The van der Waals surface area contributed by atoms with E-state index in [0.717, 1.165) is 35.1 Å². The summed E-state index contributed by atoms with van der Waals surface area (Å²) in [5.41, 5.74) is 1.24. The van der Waals surface area contributed by atoms with Gasteiger partial charge in [-0.2, -0.15) is 0 Å². The number of hydrogen-bond acceptors (Lipinski definition) is 3. The van der Waals surface area contributed by atoms with E-state index in [9.17, 15) is 4.79 Å². The Hall–Kier alpha value is -3.01. The second kappa shape index (κ2) is 10.7. The van der Waals surface area contributed by atoms with Gasteiger partial charge in [0.2, 0.25) is 0 Å². The van der Waals surface area contributed by atoms with Crippen molar-refractivity contribution in [3.8, 4) is 11.5 Å². The van der Waals surface area contributed by atoms with Crippen molar-refractivity contribution < 1.29 is 14.3 Å². The Morgan fingerprint density at radius 1 is 0.900 bits per heavy atom.